The Morgan fingerprint density at radius 3 is 1.18 bits per heavy atom. The summed E-state index contributed by atoms with van der Waals surface area (Å²) in [7, 11) is 0. The zero-order chi connectivity index (χ0) is 47.2. The molecule has 2 atom stereocenters. The molecule has 65 heavy (non-hydrogen) atoms. The van der Waals surface area contributed by atoms with E-state index in [1.54, 1.807) is 6.08 Å². The van der Waals surface area contributed by atoms with Crippen LogP contribution in [-0.4, -0.2) is 47.4 Å². The second-order valence-corrected chi connectivity index (χ2v) is 18.9. The second-order valence-electron chi connectivity index (χ2n) is 18.9. The van der Waals surface area contributed by atoms with Gasteiger partial charge in [0.15, 0.2) is 0 Å². The van der Waals surface area contributed by atoms with Gasteiger partial charge in [-0.1, -0.05) is 222 Å². The van der Waals surface area contributed by atoms with Gasteiger partial charge in [-0.3, -0.25) is 9.59 Å². The topological polar surface area (TPSA) is 95.9 Å². The fourth-order valence-corrected chi connectivity index (χ4v) is 8.16. The highest BCUT2D eigenvalue weighted by atomic mass is 16.5. The molecule has 2 unspecified atom stereocenters. The number of aliphatic hydroxyl groups excluding tert-OH is 2. The minimum atomic E-state index is -0.856. The summed E-state index contributed by atoms with van der Waals surface area (Å²) in [6.07, 6.45) is 69.4. The molecule has 0 aromatic heterocycles. The van der Waals surface area contributed by atoms with Crippen LogP contribution in [0.4, 0.5) is 0 Å². The largest absolute Gasteiger partial charge is 0.466 e. The Kier molecular flexibility index (Phi) is 52.1. The van der Waals surface area contributed by atoms with Gasteiger partial charge in [0.1, 0.15) is 0 Å². The van der Waals surface area contributed by atoms with E-state index in [-0.39, 0.29) is 18.5 Å². The third kappa shape index (κ3) is 50.8. The van der Waals surface area contributed by atoms with Crippen LogP contribution in [0.2, 0.25) is 0 Å². The van der Waals surface area contributed by atoms with Crippen LogP contribution in [0.1, 0.15) is 277 Å². The van der Waals surface area contributed by atoms with Crippen molar-refractivity contribution in [3.8, 4) is 0 Å². The van der Waals surface area contributed by atoms with Crippen molar-refractivity contribution in [3.05, 3.63) is 60.8 Å². The van der Waals surface area contributed by atoms with Crippen molar-refractivity contribution in [2.45, 2.75) is 289 Å². The Balaban J connectivity index is 3.55. The SMILES string of the molecule is CCCCCC/C=C\C/C=C\CCCCCCCC(=O)OCCCCC/C=C\C/C=C\CCCCCCCCCC(=O)NC(CO)C(O)/C=C/CCCCCCCCCCCCCCC. The number of nitrogens with one attached hydrogen (secondary N) is 1. The smallest absolute Gasteiger partial charge is 0.305 e. The lowest BCUT2D eigenvalue weighted by Gasteiger charge is -2.20. The summed E-state index contributed by atoms with van der Waals surface area (Å²) in [6.45, 7) is 4.83. The van der Waals surface area contributed by atoms with E-state index in [4.69, 9.17) is 4.74 Å². The fraction of sp³-hybridized carbons (Fsp3) is 0.797. The Hall–Kier alpha value is -2.44. The molecule has 0 bridgehead atoms. The van der Waals surface area contributed by atoms with Crippen molar-refractivity contribution in [3.63, 3.8) is 0 Å². The van der Waals surface area contributed by atoms with E-state index in [1.165, 1.54) is 154 Å². The number of carbonyl (C=O) groups is 2. The molecule has 0 saturated heterocycles. The molecule has 3 N–H and O–H groups in total. The van der Waals surface area contributed by atoms with E-state index < -0.39 is 12.1 Å². The van der Waals surface area contributed by atoms with Crippen molar-refractivity contribution < 1.29 is 24.5 Å². The maximum atomic E-state index is 12.4. The van der Waals surface area contributed by atoms with Gasteiger partial charge in [0, 0.05) is 12.8 Å². The van der Waals surface area contributed by atoms with E-state index in [2.05, 4.69) is 67.8 Å². The molecular weight excluding hydrogens is 803 g/mol. The van der Waals surface area contributed by atoms with E-state index >= 15 is 0 Å². The fourth-order valence-electron chi connectivity index (χ4n) is 8.16. The monoisotopic (exact) mass is 910 g/mol. The lowest BCUT2D eigenvalue weighted by molar-refractivity contribution is -0.143. The normalized spacial score (nSPS) is 13.1. The van der Waals surface area contributed by atoms with Gasteiger partial charge in [0.2, 0.25) is 5.91 Å². The predicted octanol–water partition coefficient (Wildman–Crippen LogP) is 17.2. The molecule has 0 aromatic rings. The van der Waals surface area contributed by atoms with Crippen LogP contribution in [0.5, 0.6) is 0 Å². The zero-order valence-electron chi connectivity index (χ0n) is 43.0. The molecule has 0 radical (unpaired) electrons. The van der Waals surface area contributed by atoms with Gasteiger partial charge in [0.25, 0.3) is 0 Å². The highest BCUT2D eigenvalue weighted by Crippen LogP contribution is 2.15. The summed E-state index contributed by atoms with van der Waals surface area (Å²) >= 11 is 0. The molecule has 378 valence electrons. The van der Waals surface area contributed by atoms with E-state index in [9.17, 15) is 19.8 Å². The molecule has 0 aliphatic carbocycles. The molecule has 1 amide bonds. The van der Waals surface area contributed by atoms with Crippen molar-refractivity contribution in [1.82, 2.24) is 5.32 Å². The lowest BCUT2D eigenvalue weighted by atomic mass is 10.0. The summed E-state index contributed by atoms with van der Waals surface area (Å²) in [4.78, 5) is 24.5. The van der Waals surface area contributed by atoms with Crippen LogP contribution in [0, 0.1) is 0 Å². The Labute approximate surface area is 403 Å². The molecule has 0 fully saturated rings. The van der Waals surface area contributed by atoms with Crippen LogP contribution in [0.15, 0.2) is 60.8 Å². The lowest BCUT2D eigenvalue weighted by Crippen LogP contribution is -2.45. The van der Waals surface area contributed by atoms with Crippen LogP contribution in [0.25, 0.3) is 0 Å². The molecule has 0 aromatic carbocycles. The Morgan fingerprint density at radius 1 is 0.431 bits per heavy atom. The molecule has 6 nitrogen and oxygen atoms in total. The molecule has 6 heteroatoms. The molecule has 0 spiro atoms. The number of rotatable bonds is 51. The molecule has 0 aliphatic rings. The predicted molar refractivity (Wildman–Crippen MR) is 282 cm³/mol. The number of esters is 1. The quantitative estimate of drug-likeness (QED) is 0.0321. The Bertz CT molecular complexity index is 1140. The highest BCUT2D eigenvalue weighted by Gasteiger charge is 2.18. The van der Waals surface area contributed by atoms with Crippen molar-refractivity contribution in [2.75, 3.05) is 13.2 Å². The van der Waals surface area contributed by atoms with Crippen LogP contribution in [0.3, 0.4) is 0 Å². The number of amides is 1. The van der Waals surface area contributed by atoms with Crippen molar-refractivity contribution >= 4 is 11.9 Å². The first-order valence-corrected chi connectivity index (χ1v) is 28.1. The zero-order valence-corrected chi connectivity index (χ0v) is 43.0. The third-order valence-corrected chi connectivity index (χ3v) is 12.5. The number of unbranched alkanes of at least 4 members (excludes halogenated alkanes) is 32. The van der Waals surface area contributed by atoms with Gasteiger partial charge >= 0.3 is 5.97 Å². The third-order valence-electron chi connectivity index (χ3n) is 12.5. The van der Waals surface area contributed by atoms with Crippen molar-refractivity contribution in [1.29, 1.82) is 0 Å². The maximum Gasteiger partial charge on any atom is 0.305 e. The first kappa shape index (κ1) is 62.6. The summed E-state index contributed by atoms with van der Waals surface area (Å²) in [6, 6.07) is -0.641. The van der Waals surface area contributed by atoms with Gasteiger partial charge in [-0.05, 0) is 103 Å². The number of hydrogen-bond donors (Lipinski definition) is 3. The number of carbonyl (C=O) groups excluding carboxylic acids is 2. The van der Waals surface area contributed by atoms with Gasteiger partial charge in [-0.25, -0.2) is 0 Å². The van der Waals surface area contributed by atoms with Gasteiger partial charge in [-0.2, -0.15) is 0 Å². The standard InChI is InChI=1S/C59H107NO5/c1-3-5-7-9-11-13-15-17-19-25-29-33-37-41-45-49-53-59(64)65-54-50-46-42-38-34-30-26-22-20-21-24-28-32-36-40-44-48-52-58(63)60-56(55-61)57(62)51-47-43-39-35-31-27-23-18-16-14-12-10-8-6-4-2/h13,15,19-20,22,25,30,34,47,51,56-57,61-62H,3-12,14,16-18,21,23-24,26-29,31-33,35-46,48-50,52-55H2,1-2H3,(H,60,63)/b15-13-,22-20-,25-19-,34-30-,51-47+. The average Bonchev–Trinajstić information content (AvgIpc) is 3.31. The minimum absolute atomic E-state index is 0.0308. The van der Waals surface area contributed by atoms with E-state index in [0.717, 1.165) is 96.3 Å². The second kappa shape index (κ2) is 54.2. The molecular formula is C59H107NO5. The number of aliphatic hydroxyl groups is 2. The molecule has 0 rings (SSSR count). The van der Waals surface area contributed by atoms with E-state index in [1.807, 2.05) is 6.08 Å². The van der Waals surface area contributed by atoms with Crippen LogP contribution < -0.4 is 5.32 Å². The van der Waals surface area contributed by atoms with Crippen LogP contribution >= 0.6 is 0 Å². The van der Waals surface area contributed by atoms with E-state index in [0.29, 0.717) is 19.4 Å². The maximum absolute atomic E-state index is 12.4. The summed E-state index contributed by atoms with van der Waals surface area (Å²) < 4.78 is 5.44. The van der Waals surface area contributed by atoms with Gasteiger partial charge < -0.3 is 20.3 Å². The average molecular weight is 911 g/mol. The van der Waals surface area contributed by atoms with Gasteiger partial charge in [-0.15, -0.1) is 0 Å². The minimum Gasteiger partial charge on any atom is -0.466 e. The molecule has 0 aliphatic heterocycles. The summed E-state index contributed by atoms with van der Waals surface area (Å²) in [5.74, 6) is -0.116. The molecule has 0 saturated carbocycles. The molecule has 0 heterocycles. The Morgan fingerprint density at radius 2 is 0.769 bits per heavy atom. The van der Waals surface area contributed by atoms with Crippen LogP contribution in [-0.2, 0) is 14.3 Å². The summed E-state index contributed by atoms with van der Waals surface area (Å²) in [5, 5.41) is 23.1. The van der Waals surface area contributed by atoms with Gasteiger partial charge in [0.05, 0.1) is 25.4 Å². The highest BCUT2D eigenvalue weighted by molar-refractivity contribution is 5.76. The summed E-state index contributed by atoms with van der Waals surface area (Å²) in [5.41, 5.74) is 0. The first-order chi connectivity index (χ1) is 32.0. The number of allylic oxidation sites excluding steroid dienone is 9. The number of ether oxygens (including phenoxy) is 1. The van der Waals surface area contributed by atoms with Crippen molar-refractivity contribution in [2.24, 2.45) is 0 Å². The first-order valence-electron chi connectivity index (χ1n) is 28.1. The number of hydrogen-bond acceptors (Lipinski definition) is 5.